The number of rotatable bonds is 7. The summed E-state index contributed by atoms with van der Waals surface area (Å²) in [6.07, 6.45) is 8.07. The standard InChI is InChI=1S/C29H33ClFN3O3.ClH/c1-17(36)24-14-32-27-9-6-19(20-12-25(30)29(37)26(31)13-20)11-23(27)28(24)33-21-7-4-18(5-8-21)15-34-10-2-3-22(34)16-35;/h6,9,11-14,18,21-22,35,37H,2-5,7-8,10,15-16H2,1H3,(H,32,33);1H/t18-,21-,22-;/m1./s1. The molecule has 204 valence electrons. The minimum absolute atomic E-state index is 0. The molecule has 1 aliphatic carbocycles. The van der Waals surface area contributed by atoms with E-state index < -0.39 is 11.6 Å². The number of phenolic OH excluding ortho intramolecular Hbond substituents is 1. The zero-order valence-electron chi connectivity index (χ0n) is 21.4. The molecule has 0 amide bonds. The van der Waals surface area contributed by atoms with Crippen LogP contribution in [0.2, 0.25) is 5.02 Å². The monoisotopic (exact) mass is 561 g/mol. The van der Waals surface area contributed by atoms with Crippen LogP contribution in [0.5, 0.6) is 5.75 Å². The number of nitrogens with zero attached hydrogens (tertiary/aromatic N) is 2. The molecule has 0 spiro atoms. The molecule has 3 N–H and O–H groups in total. The quantitative estimate of drug-likeness (QED) is 0.287. The first-order valence-corrected chi connectivity index (χ1v) is 13.5. The lowest BCUT2D eigenvalue weighted by molar-refractivity contribution is 0.101. The number of benzene rings is 2. The molecule has 2 heterocycles. The van der Waals surface area contributed by atoms with Crippen LogP contribution in [0.4, 0.5) is 10.1 Å². The minimum atomic E-state index is -0.785. The number of aromatic nitrogens is 1. The van der Waals surface area contributed by atoms with E-state index in [1.165, 1.54) is 19.1 Å². The van der Waals surface area contributed by atoms with Gasteiger partial charge in [-0.25, -0.2) is 4.39 Å². The lowest BCUT2D eigenvalue weighted by Gasteiger charge is -2.34. The van der Waals surface area contributed by atoms with Crippen molar-refractivity contribution in [2.45, 2.75) is 57.5 Å². The van der Waals surface area contributed by atoms with Crippen molar-refractivity contribution in [2.24, 2.45) is 5.92 Å². The molecule has 1 saturated heterocycles. The summed E-state index contributed by atoms with van der Waals surface area (Å²) in [5.41, 5.74) is 3.27. The SMILES string of the molecule is CC(=O)c1cnc2ccc(-c3cc(F)c(O)c(Cl)c3)cc2c1N[C@H]1CC[C@H](CN2CCC[C@@H]2CO)CC1.Cl. The van der Waals surface area contributed by atoms with Gasteiger partial charge in [-0.2, -0.15) is 0 Å². The highest BCUT2D eigenvalue weighted by molar-refractivity contribution is 6.32. The molecule has 1 saturated carbocycles. The second-order valence-corrected chi connectivity index (χ2v) is 10.9. The van der Waals surface area contributed by atoms with E-state index >= 15 is 0 Å². The number of likely N-dealkylation sites (tertiary alicyclic amines) is 1. The summed E-state index contributed by atoms with van der Waals surface area (Å²) in [5.74, 6) is -0.805. The number of ketones is 1. The van der Waals surface area contributed by atoms with E-state index in [1.807, 2.05) is 18.2 Å². The third-order valence-electron chi connectivity index (χ3n) is 8.00. The molecule has 38 heavy (non-hydrogen) atoms. The Bertz CT molecular complexity index is 1290. The number of carbonyl (C=O) groups excluding carboxylic acids is 1. The van der Waals surface area contributed by atoms with Crippen LogP contribution < -0.4 is 5.32 Å². The van der Waals surface area contributed by atoms with Gasteiger partial charge in [-0.05, 0) is 93.3 Å². The molecule has 0 unspecified atom stereocenters. The van der Waals surface area contributed by atoms with Crippen molar-refractivity contribution >= 4 is 46.4 Å². The van der Waals surface area contributed by atoms with Crippen molar-refractivity contribution in [1.29, 1.82) is 0 Å². The lowest BCUT2D eigenvalue weighted by atomic mass is 9.85. The van der Waals surface area contributed by atoms with Crippen LogP contribution in [0.15, 0.2) is 36.5 Å². The number of pyridine rings is 1. The van der Waals surface area contributed by atoms with Crippen LogP contribution in [0.25, 0.3) is 22.0 Å². The van der Waals surface area contributed by atoms with Gasteiger partial charge >= 0.3 is 0 Å². The first kappa shape index (κ1) is 28.6. The van der Waals surface area contributed by atoms with Crippen LogP contribution in [-0.2, 0) is 0 Å². The Hall–Kier alpha value is -2.45. The van der Waals surface area contributed by atoms with Crippen molar-refractivity contribution in [3.63, 3.8) is 0 Å². The zero-order valence-corrected chi connectivity index (χ0v) is 23.0. The molecule has 1 aromatic heterocycles. The van der Waals surface area contributed by atoms with E-state index in [0.717, 1.165) is 68.2 Å². The molecular weight excluding hydrogens is 528 g/mol. The van der Waals surface area contributed by atoms with Crippen LogP contribution in [0.1, 0.15) is 55.8 Å². The lowest BCUT2D eigenvalue weighted by Crippen LogP contribution is -2.38. The van der Waals surface area contributed by atoms with Crippen molar-refractivity contribution in [1.82, 2.24) is 9.88 Å². The maximum atomic E-state index is 14.2. The molecular formula is C29H34Cl2FN3O3. The fourth-order valence-corrected chi connectivity index (χ4v) is 6.10. The van der Waals surface area contributed by atoms with Crippen molar-refractivity contribution in [3.8, 4) is 16.9 Å². The maximum absolute atomic E-state index is 14.2. The molecule has 1 atom stereocenters. The Balaban J connectivity index is 0.00000336. The summed E-state index contributed by atoms with van der Waals surface area (Å²) in [6.45, 7) is 3.90. The predicted octanol–water partition coefficient (Wildman–Crippen LogP) is 6.45. The predicted molar refractivity (Wildman–Crippen MR) is 152 cm³/mol. The molecule has 2 fully saturated rings. The van der Waals surface area contributed by atoms with Crippen molar-refractivity contribution < 1.29 is 19.4 Å². The van der Waals surface area contributed by atoms with E-state index in [2.05, 4.69) is 15.2 Å². The molecule has 9 heteroatoms. The Morgan fingerprint density at radius 2 is 1.92 bits per heavy atom. The van der Waals surface area contributed by atoms with Gasteiger partial charge in [-0.3, -0.25) is 14.7 Å². The first-order valence-electron chi connectivity index (χ1n) is 13.1. The van der Waals surface area contributed by atoms with E-state index in [9.17, 15) is 19.4 Å². The number of aliphatic hydroxyl groups is 1. The summed E-state index contributed by atoms with van der Waals surface area (Å²) in [5, 5.41) is 23.8. The second kappa shape index (κ2) is 12.2. The van der Waals surface area contributed by atoms with Gasteiger partial charge in [0.1, 0.15) is 0 Å². The number of fused-ring (bicyclic) bond motifs is 1. The highest BCUT2D eigenvalue weighted by Gasteiger charge is 2.29. The Morgan fingerprint density at radius 3 is 2.61 bits per heavy atom. The van der Waals surface area contributed by atoms with E-state index in [-0.39, 0.29) is 35.9 Å². The van der Waals surface area contributed by atoms with Gasteiger partial charge in [0.25, 0.3) is 0 Å². The Morgan fingerprint density at radius 1 is 1.16 bits per heavy atom. The number of aromatic hydroxyl groups is 1. The number of nitrogens with one attached hydrogen (secondary N) is 1. The Kier molecular flexibility index (Phi) is 9.14. The van der Waals surface area contributed by atoms with E-state index in [0.29, 0.717) is 28.7 Å². The molecule has 5 rings (SSSR count). The number of carbonyl (C=O) groups is 1. The van der Waals surface area contributed by atoms with Gasteiger partial charge in [0, 0.05) is 30.2 Å². The fourth-order valence-electron chi connectivity index (χ4n) is 5.89. The number of phenols is 1. The van der Waals surface area contributed by atoms with Crippen LogP contribution in [0.3, 0.4) is 0 Å². The number of aliphatic hydroxyl groups excluding tert-OH is 1. The highest BCUT2D eigenvalue weighted by atomic mass is 35.5. The van der Waals surface area contributed by atoms with E-state index in [4.69, 9.17) is 11.6 Å². The summed E-state index contributed by atoms with van der Waals surface area (Å²) in [6, 6.07) is 8.90. The van der Waals surface area contributed by atoms with Crippen molar-refractivity contribution in [3.05, 3.63) is 52.9 Å². The summed E-state index contributed by atoms with van der Waals surface area (Å²) in [4.78, 5) is 19.5. The van der Waals surface area contributed by atoms with Gasteiger partial charge in [0.05, 0.1) is 28.4 Å². The molecule has 6 nitrogen and oxygen atoms in total. The van der Waals surface area contributed by atoms with Crippen LogP contribution in [0, 0.1) is 11.7 Å². The first-order chi connectivity index (χ1) is 17.8. The summed E-state index contributed by atoms with van der Waals surface area (Å²) >= 11 is 6.02. The molecule has 3 aromatic rings. The van der Waals surface area contributed by atoms with Crippen LogP contribution >= 0.6 is 24.0 Å². The zero-order chi connectivity index (χ0) is 26.1. The third kappa shape index (κ3) is 5.91. The number of halogens is 3. The summed E-state index contributed by atoms with van der Waals surface area (Å²) in [7, 11) is 0. The molecule has 0 radical (unpaired) electrons. The number of anilines is 1. The number of hydrogen-bond acceptors (Lipinski definition) is 6. The molecule has 2 aromatic carbocycles. The van der Waals surface area contributed by atoms with Gasteiger partial charge in [-0.1, -0.05) is 17.7 Å². The maximum Gasteiger partial charge on any atom is 0.170 e. The Labute approximate surface area is 233 Å². The van der Waals surface area contributed by atoms with Gasteiger partial charge < -0.3 is 15.5 Å². The molecule has 0 bridgehead atoms. The third-order valence-corrected chi connectivity index (χ3v) is 8.28. The van der Waals surface area contributed by atoms with Gasteiger partial charge in [0.15, 0.2) is 17.3 Å². The smallest absolute Gasteiger partial charge is 0.170 e. The average molecular weight is 563 g/mol. The second-order valence-electron chi connectivity index (χ2n) is 10.5. The van der Waals surface area contributed by atoms with Gasteiger partial charge in [-0.15, -0.1) is 12.4 Å². The van der Waals surface area contributed by atoms with E-state index in [1.54, 1.807) is 6.20 Å². The van der Waals surface area contributed by atoms with Crippen LogP contribution in [-0.4, -0.2) is 57.7 Å². The average Bonchev–Trinajstić information content (AvgIpc) is 3.34. The number of Topliss-reactive ketones (excluding diaryl/α,β-unsaturated/α-hetero) is 1. The largest absolute Gasteiger partial charge is 0.504 e. The van der Waals surface area contributed by atoms with Gasteiger partial charge in [0.2, 0.25) is 0 Å². The minimum Gasteiger partial charge on any atom is -0.504 e. The van der Waals surface area contributed by atoms with Crippen molar-refractivity contribution in [2.75, 3.05) is 25.0 Å². The topological polar surface area (TPSA) is 85.7 Å². The molecule has 2 aliphatic rings. The number of hydrogen-bond donors (Lipinski definition) is 3. The summed E-state index contributed by atoms with van der Waals surface area (Å²) < 4.78 is 14.2. The fraction of sp³-hybridized carbons (Fsp3) is 0.448. The highest BCUT2D eigenvalue weighted by Crippen LogP contribution is 2.37. The normalized spacial score (nSPS) is 21.8. The molecule has 1 aliphatic heterocycles.